The van der Waals surface area contributed by atoms with Gasteiger partial charge in [-0.1, -0.05) is 50.0 Å². The van der Waals surface area contributed by atoms with Crippen LogP contribution in [0.4, 0.5) is 0 Å². The number of halogens is 2. The molecule has 0 spiro atoms. The molecule has 4 nitrogen and oxygen atoms in total. The molecule has 3 atom stereocenters. The summed E-state index contributed by atoms with van der Waals surface area (Å²) in [7, 11) is 0. The average Bonchev–Trinajstić information content (AvgIpc) is 3.11. The number of fused-ring (bicyclic) bond motifs is 2. The number of hydrogen-bond donors (Lipinski definition) is 1. The van der Waals surface area contributed by atoms with Gasteiger partial charge in [0.1, 0.15) is 0 Å². The highest BCUT2D eigenvalue weighted by Crippen LogP contribution is 2.65. The second-order valence-corrected chi connectivity index (χ2v) is 10.4. The Labute approximate surface area is 183 Å². The molecule has 1 amide bonds. The quantitative estimate of drug-likeness (QED) is 0.661. The van der Waals surface area contributed by atoms with Crippen LogP contribution in [-0.2, 0) is 6.54 Å². The lowest BCUT2D eigenvalue weighted by atomic mass is 9.69. The van der Waals surface area contributed by atoms with Gasteiger partial charge in [0.15, 0.2) is 0 Å². The van der Waals surface area contributed by atoms with Crippen LogP contribution < -0.4 is 5.32 Å². The van der Waals surface area contributed by atoms with Crippen molar-refractivity contribution >= 4 is 29.1 Å². The van der Waals surface area contributed by atoms with Crippen LogP contribution in [0.15, 0.2) is 18.2 Å². The maximum atomic E-state index is 13.3. The molecule has 0 radical (unpaired) electrons. The van der Waals surface area contributed by atoms with E-state index in [-0.39, 0.29) is 22.8 Å². The molecule has 0 aliphatic heterocycles. The highest BCUT2D eigenvalue weighted by Gasteiger charge is 2.61. The number of hydrogen-bond acceptors (Lipinski definition) is 2. The maximum absolute atomic E-state index is 13.3. The first-order valence-electron chi connectivity index (χ1n) is 10.3. The van der Waals surface area contributed by atoms with Crippen LogP contribution in [-0.4, -0.2) is 21.7 Å². The largest absolute Gasteiger partial charge is 0.349 e. The van der Waals surface area contributed by atoms with Crippen molar-refractivity contribution < 1.29 is 4.79 Å². The van der Waals surface area contributed by atoms with E-state index >= 15 is 0 Å². The van der Waals surface area contributed by atoms with Crippen LogP contribution in [0, 0.1) is 30.6 Å². The van der Waals surface area contributed by atoms with Gasteiger partial charge in [-0.15, -0.1) is 0 Å². The summed E-state index contributed by atoms with van der Waals surface area (Å²) in [6.45, 7) is 11.3. The van der Waals surface area contributed by atoms with E-state index in [1.165, 1.54) is 12.8 Å². The van der Waals surface area contributed by atoms with Crippen molar-refractivity contribution in [2.75, 3.05) is 0 Å². The average molecular weight is 434 g/mol. The van der Waals surface area contributed by atoms with E-state index in [1.807, 2.05) is 36.7 Å². The number of nitrogens with zero attached hydrogens (tertiary/aromatic N) is 2. The lowest BCUT2D eigenvalue weighted by molar-refractivity contribution is 0.0825. The number of benzene rings is 1. The van der Waals surface area contributed by atoms with E-state index in [0.717, 1.165) is 23.4 Å². The molecule has 2 saturated carbocycles. The zero-order valence-corrected chi connectivity index (χ0v) is 19.3. The van der Waals surface area contributed by atoms with E-state index in [0.29, 0.717) is 28.1 Å². The molecule has 2 fully saturated rings. The minimum absolute atomic E-state index is 0.0221. The first-order chi connectivity index (χ1) is 13.6. The fourth-order valence-electron chi connectivity index (χ4n) is 5.67. The molecule has 1 N–H and O–H groups in total. The Morgan fingerprint density at radius 2 is 1.90 bits per heavy atom. The second kappa shape index (κ2) is 7.02. The Balaban J connectivity index is 1.58. The molecule has 2 bridgehead atoms. The highest BCUT2D eigenvalue weighted by atomic mass is 35.5. The molecule has 2 aliphatic carbocycles. The summed E-state index contributed by atoms with van der Waals surface area (Å²) in [6, 6.07) is 5.68. The summed E-state index contributed by atoms with van der Waals surface area (Å²) < 4.78 is 1.82. The third kappa shape index (κ3) is 3.11. The van der Waals surface area contributed by atoms with Gasteiger partial charge < -0.3 is 5.32 Å². The molecule has 1 heterocycles. The first kappa shape index (κ1) is 20.7. The van der Waals surface area contributed by atoms with Crippen molar-refractivity contribution in [3.05, 3.63) is 50.8 Å². The smallest absolute Gasteiger partial charge is 0.255 e. The van der Waals surface area contributed by atoms with Crippen molar-refractivity contribution in [3.8, 4) is 0 Å². The molecule has 29 heavy (non-hydrogen) atoms. The third-order valence-corrected chi connectivity index (χ3v) is 8.79. The fraction of sp³-hybridized carbons (Fsp3) is 0.565. The monoisotopic (exact) mass is 433 g/mol. The van der Waals surface area contributed by atoms with Crippen LogP contribution in [0.25, 0.3) is 0 Å². The van der Waals surface area contributed by atoms with Crippen molar-refractivity contribution in [2.24, 2.45) is 16.7 Å². The Bertz CT molecular complexity index is 960. The Morgan fingerprint density at radius 3 is 2.45 bits per heavy atom. The molecule has 1 aromatic heterocycles. The second-order valence-electron chi connectivity index (χ2n) is 9.54. The van der Waals surface area contributed by atoms with Crippen LogP contribution >= 0.6 is 23.2 Å². The molecule has 4 rings (SSSR count). The van der Waals surface area contributed by atoms with Crippen LogP contribution in [0.5, 0.6) is 0 Å². The Kier molecular flexibility index (Phi) is 5.02. The van der Waals surface area contributed by atoms with Gasteiger partial charge in [0.2, 0.25) is 0 Å². The van der Waals surface area contributed by atoms with Crippen LogP contribution in [0.3, 0.4) is 0 Å². The van der Waals surface area contributed by atoms with E-state index < -0.39 is 0 Å². The van der Waals surface area contributed by atoms with Gasteiger partial charge in [-0.2, -0.15) is 5.10 Å². The zero-order chi connectivity index (χ0) is 21.1. The van der Waals surface area contributed by atoms with Crippen molar-refractivity contribution in [1.29, 1.82) is 0 Å². The molecule has 6 heteroatoms. The van der Waals surface area contributed by atoms with Gasteiger partial charge in [-0.05, 0) is 62.0 Å². The van der Waals surface area contributed by atoms with Gasteiger partial charge in [0.25, 0.3) is 5.91 Å². The highest BCUT2D eigenvalue weighted by molar-refractivity contribution is 6.35. The van der Waals surface area contributed by atoms with Crippen molar-refractivity contribution in [2.45, 2.75) is 66.5 Å². The summed E-state index contributed by atoms with van der Waals surface area (Å²) in [6.07, 6.45) is 3.51. The summed E-state index contributed by atoms with van der Waals surface area (Å²) in [5.41, 5.74) is 3.46. The molecular weight excluding hydrogens is 405 g/mol. The predicted octanol–water partition coefficient (Wildman–Crippen LogP) is 5.80. The summed E-state index contributed by atoms with van der Waals surface area (Å²) in [5.74, 6) is 0.663. The minimum atomic E-state index is -0.0221. The minimum Gasteiger partial charge on any atom is -0.349 e. The van der Waals surface area contributed by atoms with Crippen molar-refractivity contribution in [1.82, 2.24) is 15.1 Å². The topological polar surface area (TPSA) is 46.9 Å². The summed E-state index contributed by atoms with van der Waals surface area (Å²) >= 11 is 12.7. The number of aromatic nitrogens is 2. The normalized spacial score (nSPS) is 27.4. The molecular formula is C23H29Cl2N3O. The van der Waals surface area contributed by atoms with Crippen LogP contribution in [0.2, 0.25) is 10.0 Å². The number of aryl methyl sites for hydroxylation is 1. The molecule has 2 aromatic rings. The SMILES string of the molecule is Cc1nn(Cc2c(Cl)cccc2Cl)c(C)c1C(=O)NC1CC2CCC1(C)C2(C)C. The number of carbonyl (C=O) groups is 1. The van der Waals surface area contributed by atoms with E-state index in [4.69, 9.17) is 23.2 Å². The summed E-state index contributed by atoms with van der Waals surface area (Å²) in [4.78, 5) is 13.3. The van der Waals surface area contributed by atoms with Gasteiger partial charge in [-0.25, -0.2) is 0 Å². The molecule has 3 unspecified atom stereocenters. The lowest BCUT2D eigenvalue weighted by Crippen LogP contribution is -2.47. The molecule has 1 aromatic carbocycles. The third-order valence-electron chi connectivity index (χ3n) is 8.08. The number of amides is 1. The van der Waals surface area contributed by atoms with Gasteiger partial charge in [-0.3, -0.25) is 9.48 Å². The number of nitrogens with one attached hydrogen (secondary N) is 1. The number of carbonyl (C=O) groups excluding carboxylic acids is 1. The Hall–Kier alpha value is -1.52. The molecule has 0 saturated heterocycles. The standard InChI is InChI=1S/C23H29Cl2N3O/c1-13-20(14(2)28(27-13)12-16-17(24)7-6-8-18(16)25)21(29)26-19-11-15-9-10-23(19,5)22(15,3)4/h6-8,15,19H,9-12H2,1-5H3,(H,26,29). The van der Waals surface area contributed by atoms with Gasteiger partial charge in [0.05, 0.1) is 17.8 Å². The van der Waals surface area contributed by atoms with E-state index in [9.17, 15) is 4.79 Å². The first-order valence-corrected chi connectivity index (χ1v) is 11.1. The summed E-state index contributed by atoms with van der Waals surface area (Å²) in [5, 5.41) is 9.19. The van der Waals surface area contributed by atoms with Gasteiger partial charge in [0, 0.05) is 27.3 Å². The zero-order valence-electron chi connectivity index (χ0n) is 17.8. The Morgan fingerprint density at radius 1 is 1.24 bits per heavy atom. The van der Waals surface area contributed by atoms with Gasteiger partial charge >= 0.3 is 0 Å². The fourth-order valence-corrected chi connectivity index (χ4v) is 6.18. The van der Waals surface area contributed by atoms with Crippen LogP contribution in [0.1, 0.15) is 67.3 Å². The predicted molar refractivity (Wildman–Crippen MR) is 118 cm³/mol. The lowest BCUT2D eigenvalue weighted by Gasteiger charge is -2.39. The van der Waals surface area contributed by atoms with E-state index in [1.54, 1.807) is 0 Å². The van der Waals surface area contributed by atoms with Crippen molar-refractivity contribution in [3.63, 3.8) is 0 Å². The van der Waals surface area contributed by atoms with E-state index in [2.05, 4.69) is 31.2 Å². The number of rotatable bonds is 4. The molecule has 156 valence electrons. The maximum Gasteiger partial charge on any atom is 0.255 e. The molecule has 2 aliphatic rings.